The quantitative estimate of drug-likeness (QED) is 0.589. The molecule has 1 heterocycles. The summed E-state index contributed by atoms with van der Waals surface area (Å²) < 4.78 is 0. The van der Waals surface area contributed by atoms with E-state index < -0.39 is 0 Å². The van der Waals surface area contributed by atoms with E-state index >= 15 is 0 Å². The average molecular weight is 193 g/mol. The first-order chi connectivity index (χ1) is 5.34. The minimum Gasteiger partial charge on any atom is -0.330 e. The molecule has 0 saturated heterocycles. The van der Waals surface area contributed by atoms with Gasteiger partial charge in [0.15, 0.2) is 5.82 Å². The minimum absolute atomic E-state index is 0. The summed E-state index contributed by atoms with van der Waals surface area (Å²) in [5.41, 5.74) is 11.0. The Kier molecular flexibility index (Phi) is 5.52. The van der Waals surface area contributed by atoms with Crippen molar-refractivity contribution < 1.29 is 0 Å². The normalized spacial score (nSPS) is 12.2. The van der Waals surface area contributed by atoms with Crippen LogP contribution in [-0.4, -0.2) is 27.2 Å². The van der Waals surface area contributed by atoms with Crippen molar-refractivity contribution in [3.8, 4) is 0 Å². The molecular formula is C5H13ClN6. The summed E-state index contributed by atoms with van der Waals surface area (Å²) in [5, 5.41) is 13.3. The Balaban J connectivity index is 0.00000121. The molecule has 0 saturated carbocycles. The molecule has 12 heavy (non-hydrogen) atoms. The van der Waals surface area contributed by atoms with E-state index in [9.17, 15) is 0 Å². The van der Waals surface area contributed by atoms with E-state index in [-0.39, 0.29) is 18.4 Å². The number of hydrogen-bond donors (Lipinski definition) is 3. The number of nitrogens with zero attached hydrogens (tertiary/aromatic N) is 3. The molecule has 0 spiro atoms. The van der Waals surface area contributed by atoms with E-state index in [2.05, 4.69) is 20.6 Å². The highest BCUT2D eigenvalue weighted by molar-refractivity contribution is 5.85. The summed E-state index contributed by atoms with van der Waals surface area (Å²) in [7, 11) is 0. The van der Waals surface area contributed by atoms with E-state index in [0.29, 0.717) is 12.4 Å². The van der Waals surface area contributed by atoms with Crippen molar-refractivity contribution in [1.82, 2.24) is 20.6 Å². The van der Waals surface area contributed by atoms with E-state index in [1.807, 2.05) is 0 Å². The molecule has 0 aliphatic carbocycles. The molecule has 0 radical (unpaired) electrons. The van der Waals surface area contributed by atoms with Gasteiger partial charge in [0.2, 0.25) is 0 Å². The maximum absolute atomic E-state index is 5.68. The van der Waals surface area contributed by atoms with Gasteiger partial charge in [-0.3, -0.25) is 0 Å². The van der Waals surface area contributed by atoms with Crippen LogP contribution in [0, 0.1) is 0 Å². The molecule has 6 nitrogen and oxygen atoms in total. The van der Waals surface area contributed by atoms with Crippen molar-refractivity contribution in [2.45, 2.75) is 18.9 Å². The number of aromatic amines is 1. The summed E-state index contributed by atoms with van der Waals surface area (Å²) in [4.78, 5) is 0. The van der Waals surface area contributed by atoms with Crippen LogP contribution in [0.3, 0.4) is 0 Å². The number of nitrogens with two attached hydrogens (primary N) is 2. The molecule has 1 rings (SSSR count). The number of aromatic nitrogens is 4. The summed E-state index contributed by atoms with van der Waals surface area (Å²) >= 11 is 0. The summed E-state index contributed by atoms with van der Waals surface area (Å²) in [5.74, 6) is 0.554. The zero-order chi connectivity index (χ0) is 8.10. The van der Waals surface area contributed by atoms with Gasteiger partial charge >= 0.3 is 0 Å². The van der Waals surface area contributed by atoms with Gasteiger partial charge in [0.05, 0.1) is 6.04 Å². The molecule has 5 N–H and O–H groups in total. The molecule has 0 fully saturated rings. The molecule has 1 atom stereocenters. The van der Waals surface area contributed by atoms with Gasteiger partial charge in [-0.05, 0) is 19.4 Å². The smallest absolute Gasteiger partial charge is 0.191 e. The lowest BCUT2D eigenvalue weighted by atomic mass is 10.1. The fraction of sp³-hybridized carbons (Fsp3) is 0.800. The zero-order valence-corrected chi connectivity index (χ0v) is 7.42. The van der Waals surface area contributed by atoms with Gasteiger partial charge in [0.1, 0.15) is 0 Å². The lowest BCUT2D eigenvalue weighted by Crippen LogP contribution is -2.14. The van der Waals surface area contributed by atoms with E-state index in [1.165, 1.54) is 0 Å². The fourth-order valence-corrected chi connectivity index (χ4v) is 0.793. The Hall–Kier alpha value is -0.720. The predicted molar refractivity (Wildman–Crippen MR) is 46.6 cm³/mol. The lowest BCUT2D eigenvalue weighted by molar-refractivity contribution is 0.587. The molecule has 1 aromatic heterocycles. The largest absolute Gasteiger partial charge is 0.330 e. The standard InChI is InChI=1S/C5H12N6.ClH/c6-3-1-2-4(7)5-8-10-11-9-5;/h4H,1-3,6-7H2,(H,8,9,10,11);1H. The lowest BCUT2D eigenvalue weighted by Gasteiger charge is -2.03. The van der Waals surface area contributed by atoms with Crippen LogP contribution in [0.15, 0.2) is 0 Å². The Morgan fingerprint density at radius 1 is 1.50 bits per heavy atom. The Morgan fingerprint density at radius 2 is 2.25 bits per heavy atom. The summed E-state index contributed by atoms with van der Waals surface area (Å²) in [6, 6.07) is -0.141. The first-order valence-corrected chi connectivity index (χ1v) is 3.53. The van der Waals surface area contributed by atoms with Crippen LogP contribution in [0.25, 0.3) is 0 Å². The molecule has 0 amide bonds. The number of rotatable bonds is 4. The molecule has 1 aromatic rings. The maximum atomic E-state index is 5.68. The molecule has 1 unspecified atom stereocenters. The highest BCUT2D eigenvalue weighted by Gasteiger charge is 2.08. The highest BCUT2D eigenvalue weighted by Crippen LogP contribution is 2.07. The van der Waals surface area contributed by atoms with Crippen LogP contribution in [0.1, 0.15) is 24.7 Å². The van der Waals surface area contributed by atoms with Gasteiger partial charge in [-0.1, -0.05) is 5.21 Å². The summed E-state index contributed by atoms with van der Waals surface area (Å²) in [6.07, 6.45) is 1.69. The third-order valence-corrected chi connectivity index (χ3v) is 1.41. The fourth-order valence-electron chi connectivity index (χ4n) is 0.793. The molecule has 70 valence electrons. The van der Waals surface area contributed by atoms with Crippen molar-refractivity contribution in [2.75, 3.05) is 6.54 Å². The van der Waals surface area contributed by atoms with Crippen LogP contribution >= 0.6 is 12.4 Å². The molecule has 0 bridgehead atoms. The van der Waals surface area contributed by atoms with E-state index in [4.69, 9.17) is 11.5 Å². The highest BCUT2D eigenvalue weighted by atomic mass is 35.5. The molecule has 0 aliphatic heterocycles. The third-order valence-electron chi connectivity index (χ3n) is 1.41. The number of nitrogens with one attached hydrogen (secondary N) is 1. The van der Waals surface area contributed by atoms with Gasteiger partial charge in [-0.2, -0.15) is 5.21 Å². The van der Waals surface area contributed by atoms with Crippen molar-refractivity contribution in [3.63, 3.8) is 0 Å². The number of halogens is 1. The van der Waals surface area contributed by atoms with Crippen LogP contribution in [0.4, 0.5) is 0 Å². The van der Waals surface area contributed by atoms with E-state index in [0.717, 1.165) is 12.8 Å². The first kappa shape index (κ1) is 11.3. The topological polar surface area (TPSA) is 107 Å². The maximum Gasteiger partial charge on any atom is 0.191 e. The second-order valence-electron chi connectivity index (χ2n) is 2.31. The Morgan fingerprint density at radius 3 is 2.75 bits per heavy atom. The van der Waals surface area contributed by atoms with Crippen LogP contribution < -0.4 is 11.5 Å². The first-order valence-electron chi connectivity index (χ1n) is 3.53. The van der Waals surface area contributed by atoms with Crippen LogP contribution in [-0.2, 0) is 0 Å². The zero-order valence-electron chi connectivity index (χ0n) is 6.60. The second-order valence-corrected chi connectivity index (χ2v) is 2.31. The molecular weight excluding hydrogens is 180 g/mol. The monoisotopic (exact) mass is 192 g/mol. The third kappa shape index (κ3) is 3.12. The van der Waals surface area contributed by atoms with Crippen molar-refractivity contribution in [1.29, 1.82) is 0 Å². The SMILES string of the molecule is Cl.NCCCC(N)c1nn[nH]n1. The average Bonchev–Trinajstić information content (AvgIpc) is 2.52. The van der Waals surface area contributed by atoms with Gasteiger partial charge < -0.3 is 11.5 Å². The van der Waals surface area contributed by atoms with E-state index in [1.54, 1.807) is 0 Å². The van der Waals surface area contributed by atoms with Crippen LogP contribution in [0.2, 0.25) is 0 Å². The Bertz CT molecular complexity index is 188. The van der Waals surface area contributed by atoms with Crippen molar-refractivity contribution in [3.05, 3.63) is 5.82 Å². The Labute approximate surface area is 76.5 Å². The van der Waals surface area contributed by atoms with Crippen molar-refractivity contribution >= 4 is 12.4 Å². The number of H-pyrrole nitrogens is 1. The predicted octanol–water partition coefficient (Wildman–Crippen LogP) is -0.640. The second kappa shape index (κ2) is 5.87. The molecule has 7 heteroatoms. The van der Waals surface area contributed by atoms with Gasteiger partial charge in [0.25, 0.3) is 0 Å². The van der Waals surface area contributed by atoms with Gasteiger partial charge in [0, 0.05) is 0 Å². The van der Waals surface area contributed by atoms with Gasteiger partial charge in [-0.15, -0.1) is 22.6 Å². The molecule has 0 aromatic carbocycles. The number of tetrazole rings is 1. The minimum atomic E-state index is -0.141. The van der Waals surface area contributed by atoms with Crippen molar-refractivity contribution in [2.24, 2.45) is 11.5 Å². The van der Waals surface area contributed by atoms with Gasteiger partial charge in [-0.25, -0.2) is 0 Å². The number of hydrogen-bond acceptors (Lipinski definition) is 5. The van der Waals surface area contributed by atoms with Crippen LogP contribution in [0.5, 0.6) is 0 Å². The summed E-state index contributed by atoms with van der Waals surface area (Å²) in [6.45, 7) is 0.644. The molecule has 0 aliphatic rings.